The van der Waals surface area contributed by atoms with Crippen LogP contribution in [0.3, 0.4) is 0 Å². The van der Waals surface area contributed by atoms with Crippen LogP contribution in [0.4, 0.5) is 0 Å². The molecule has 0 bridgehead atoms. The van der Waals surface area contributed by atoms with Crippen LogP contribution in [0.25, 0.3) is 0 Å². The Balaban J connectivity index is 1.25. The van der Waals surface area contributed by atoms with Gasteiger partial charge in [-0.2, -0.15) is 0 Å². The minimum Gasteiger partial charge on any atom is -0.355 e. The van der Waals surface area contributed by atoms with Crippen LogP contribution in [0.1, 0.15) is 71.1 Å². The first-order valence-electron chi connectivity index (χ1n) is 12.6. The van der Waals surface area contributed by atoms with Crippen LogP contribution >= 0.6 is 0 Å². The van der Waals surface area contributed by atoms with E-state index in [1.807, 2.05) is 0 Å². The van der Waals surface area contributed by atoms with Gasteiger partial charge in [-0.1, -0.05) is 6.42 Å². The molecule has 0 spiro atoms. The number of amides is 2. The molecule has 6 heteroatoms. The molecule has 0 aromatic carbocycles. The number of nitrogens with one attached hydrogen (secondary N) is 1. The topological polar surface area (TPSA) is 55.9 Å². The summed E-state index contributed by atoms with van der Waals surface area (Å²) >= 11 is 0. The fourth-order valence-electron chi connectivity index (χ4n) is 6.82. The van der Waals surface area contributed by atoms with Gasteiger partial charge >= 0.3 is 0 Å². The Bertz CT molecular complexity index is 590. The summed E-state index contributed by atoms with van der Waals surface area (Å²) in [4.78, 5) is 32.2. The van der Waals surface area contributed by atoms with Crippen LogP contribution in [0.2, 0.25) is 0 Å². The Hall–Kier alpha value is -1.14. The largest absolute Gasteiger partial charge is 0.355 e. The second-order valence-electron chi connectivity index (χ2n) is 10.1. The van der Waals surface area contributed by atoms with Gasteiger partial charge in [0, 0.05) is 45.1 Å². The zero-order valence-electron chi connectivity index (χ0n) is 19.0. The maximum atomic E-state index is 12.5. The molecular weight excluding hydrogens is 376 g/mol. The fraction of sp³-hybridized carbons (Fsp3) is 0.917. The van der Waals surface area contributed by atoms with Gasteiger partial charge in [0.1, 0.15) is 0 Å². The molecule has 4 aliphatic heterocycles. The predicted octanol–water partition coefficient (Wildman–Crippen LogP) is 2.48. The summed E-state index contributed by atoms with van der Waals surface area (Å²) in [5.74, 6) is 1.66. The number of carbonyl (C=O) groups excluding carboxylic acids is 2. The maximum Gasteiger partial charge on any atom is 0.220 e. The van der Waals surface area contributed by atoms with E-state index in [0.717, 1.165) is 32.5 Å². The van der Waals surface area contributed by atoms with Gasteiger partial charge in [0.15, 0.2) is 0 Å². The first-order valence-corrected chi connectivity index (χ1v) is 12.6. The second-order valence-corrected chi connectivity index (χ2v) is 10.1. The molecule has 1 N–H and O–H groups in total. The van der Waals surface area contributed by atoms with Gasteiger partial charge in [0.05, 0.1) is 0 Å². The van der Waals surface area contributed by atoms with E-state index in [0.29, 0.717) is 30.3 Å². The highest BCUT2D eigenvalue weighted by Gasteiger charge is 2.48. The van der Waals surface area contributed by atoms with Gasteiger partial charge in [-0.3, -0.25) is 14.5 Å². The number of piperidine rings is 4. The molecule has 6 nitrogen and oxygen atoms in total. The van der Waals surface area contributed by atoms with Crippen molar-refractivity contribution < 1.29 is 9.59 Å². The van der Waals surface area contributed by atoms with E-state index in [2.05, 4.69) is 20.0 Å². The number of likely N-dealkylation sites (tertiary alicyclic amines) is 2. The zero-order chi connectivity index (χ0) is 20.9. The molecule has 4 saturated heterocycles. The van der Waals surface area contributed by atoms with Crippen LogP contribution < -0.4 is 5.32 Å². The number of hydrogen-bond donors (Lipinski definition) is 1. The molecule has 4 heterocycles. The standard InChI is InChI=1S/C24H42N4O2/c1-19(29)28-18-20-8-6-15-27-16-7-9-21(24(20)27)22(28)10-5-11-23(30)25-12-17-26-13-3-2-4-14-26/h20-22,24H,2-18H2,1H3,(H,25,30)/t20-,21+,22+,24-/m0/s1. The molecule has 0 aromatic rings. The van der Waals surface area contributed by atoms with Gasteiger partial charge in [-0.25, -0.2) is 0 Å². The third-order valence-electron chi connectivity index (χ3n) is 8.18. The highest BCUT2D eigenvalue weighted by molar-refractivity contribution is 5.76. The Morgan fingerprint density at radius 3 is 2.50 bits per heavy atom. The van der Waals surface area contributed by atoms with Crippen LogP contribution in [0.15, 0.2) is 0 Å². The van der Waals surface area contributed by atoms with Gasteiger partial charge in [-0.15, -0.1) is 0 Å². The first-order chi connectivity index (χ1) is 14.6. The van der Waals surface area contributed by atoms with Crippen LogP contribution in [-0.2, 0) is 9.59 Å². The van der Waals surface area contributed by atoms with Crippen molar-refractivity contribution >= 4 is 11.8 Å². The lowest BCUT2D eigenvalue weighted by Gasteiger charge is -2.57. The highest BCUT2D eigenvalue weighted by atomic mass is 16.2. The molecule has 0 unspecified atom stereocenters. The van der Waals surface area contributed by atoms with Crippen molar-refractivity contribution in [3.05, 3.63) is 0 Å². The van der Waals surface area contributed by atoms with Gasteiger partial charge in [0.25, 0.3) is 0 Å². The molecular formula is C24H42N4O2. The molecule has 0 radical (unpaired) electrons. The Labute approximate surface area is 182 Å². The van der Waals surface area contributed by atoms with E-state index in [9.17, 15) is 9.59 Å². The van der Waals surface area contributed by atoms with Crippen molar-refractivity contribution in [1.29, 1.82) is 0 Å². The van der Waals surface area contributed by atoms with E-state index in [4.69, 9.17) is 0 Å². The summed E-state index contributed by atoms with van der Waals surface area (Å²) < 4.78 is 0. The second kappa shape index (κ2) is 10.4. The molecule has 2 amide bonds. The van der Waals surface area contributed by atoms with Crippen molar-refractivity contribution in [2.24, 2.45) is 11.8 Å². The lowest BCUT2D eigenvalue weighted by Crippen LogP contribution is -2.65. The maximum absolute atomic E-state index is 12.5. The highest BCUT2D eigenvalue weighted by Crippen LogP contribution is 2.43. The number of hydrogen-bond acceptors (Lipinski definition) is 4. The molecule has 4 rings (SSSR count). The third-order valence-corrected chi connectivity index (χ3v) is 8.18. The van der Waals surface area contributed by atoms with Gasteiger partial charge in [-0.05, 0) is 89.4 Å². The minimum atomic E-state index is 0.179. The molecule has 0 saturated carbocycles. The van der Waals surface area contributed by atoms with Gasteiger partial charge < -0.3 is 15.1 Å². The van der Waals surface area contributed by atoms with E-state index < -0.39 is 0 Å². The fourth-order valence-corrected chi connectivity index (χ4v) is 6.82. The van der Waals surface area contributed by atoms with Crippen molar-refractivity contribution in [2.45, 2.75) is 83.2 Å². The van der Waals surface area contributed by atoms with Crippen LogP contribution in [0, 0.1) is 11.8 Å². The molecule has 4 atom stereocenters. The van der Waals surface area contributed by atoms with E-state index in [-0.39, 0.29) is 11.8 Å². The van der Waals surface area contributed by atoms with Crippen molar-refractivity contribution in [2.75, 3.05) is 45.8 Å². The third kappa shape index (κ3) is 5.18. The molecule has 170 valence electrons. The summed E-state index contributed by atoms with van der Waals surface area (Å²) in [6.07, 6.45) is 11.4. The molecule has 0 aromatic heterocycles. The minimum absolute atomic E-state index is 0.179. The van der Waals surface area contributed by atoms with E-state index in [1.54, 1.807) is 6.92 Å². The van der Waals surface area contributed by atoms with Crippen LogP contribution in [-0.4, -0.2) is 84.4 Å². The van der Waals surface area contributed by atoms with E-state index in [1.165, 1.54) is 71.1 Å². The monoisotopic (exact) mass is 418 g/mol. The molecule has 0 aliphatic carbocycles. The van der Waals surface area contributed by atoms with E-state index >= 15 is 0 Å². The SMILES string of the molecule is CC(=O)N1C[C@@H]2CCCN3CCC[C@@H]([C@H]23)[C@H]1CCCC(=O)NCCN1CCCCC1. The summed E-state index contributed by atoms with van der Waals surface area (Å²) in [6.45, 7) is 9.26. The van der Waals surface area contributed by atoms with Crippen molar-refractivity contribution in [3.63, 3.8) is 0 Å². The molecule has 30 heavy (non-hydrogen) atoms. The predicted molar refractivity (Wildman–Crippen MR) is 119 cm³/mol. The summed E-state index contributed by atoms with van der Waals surface area (Å²) in [7, 11) is 0. The molecule has 4 fully saturated rings. The Morgan fingerprint density at radius 2 is 1.73 bits per heavy atom. The summed E-state index contributed by atoms with van der Waals surface area (Å²) in [6, 6.07) is 0.997. The number of rotatable bonds is 7. The Morgan fingerprint density at radius 1 is 0.967 bits per heavy atom. The van der Waals surface area contributed by atoms with Crippen molar-refractivity contribution in [1.82, 2.24) is 20.0 Å². The molecule has 4 aliphatic rings. The average Bonchev–Trinajstić information content (AvgIpc) is 2.76. The smallest absolute Gasteiger partial charge is 0.220 e. The quantitative estimate of drug-likeness (QED) is 0.690. The number of nitrogens with zero attached hydrogens (tertiary/aromatic N) is 3. The lowest BCUT2D eigenvalue weighted by molar-refractivity contribution is -0.144. The summed E-state index contributed by atoms with van der Waals surface area (Å²) in [5, 5.41) is 3.12. The summed E-state index contributed by atoms with van der Waals surface area (Å²) in [5.41, 5.74) is 0. The number of carbonyl (C=O) groups is 2. The Kier molecular flexibility index (Phi) is 7.69. The lowest BCUT2D eigenvalue weighted by atomic mass is 9.69. The normalized spacial score (nSPS) is 32.5. The van der Waals surface area contributed by atoms with Crippen molar-refractivity contribution in [3.8, 4) is 0 Å². The first kappa shape index (κ1) is 22.1. The zero-order valence-corrected chi connectivity index (χ0v) is 19.0. The average molecular weight is 419 g/mol. The van der Waals surface area contributed by atoms with Crippen LogP contribution in [0.5, 0.6) is 0 Å². The van der Waals surface area contributed by atoms with Gasteiger partial charge in [0.2, 0.25) is 11.8 Å².